The summed E-state index contributed by atoms with van der Waals surface area (Å²) >= 11 is 0. The molecule has 1 aromatic carbocycles. The van der Waals surface area contributed by atoms with E-state index in [1.165, 1.54) is 10.9 Å². The predicted molar refractivity (Wildman–Crippen MR) is 68.3 cm³/mol. The predicted octanol–water partition coefficient (Wildman–Crippen LogP) is 0.754. The van der Waals surface area contributed by atoms with Crippen LogP contribution in [0.4, 0.5) is 5.69 Å². The summed E-state index contributed by atoms with van der Waals surface area (Å²) in [5.74, 6) is -0.0555. The Balaban J connectivity index is 1.92. The topological polar surface area (TPSA) is 113 Å². The largest absolute Gasteiger partial charge is 0.439 e. The van der Waals surface area contributed by atoms with Gasteiger partial charge in [0, 0.05) is 6.20 Å². The van der Waals surface area contributed by atoms with E-state index in [9.17, 15) is 4.79 Å². The molecule has 2 aromatic heterocycles. The number of amides is 1. The minimum atomic E-state index is -0.520. The molecule has 0 unspecified atom stereocenters. The van der Waals surface area contributed by atoms with E-state index in [4.69, 9.17) is 15.9 Å². The van der Waals surface area contributed by atoms with Crippen molar-refractivity contribution in [1.82, 2.24) is 14.8 Å². The number of carbonyl (C=O) groups excluding carboxylic acids is 1. The maximum Gasteiger partial charge on any atom is 0.251 e. The number of benzene rings is 1. The molecule has 1 amide bonds. The van der Waals surface area contributed by atoms with Crippen LogP contribution in [0.15, 0.2) is 35.0 Å². The first-order valence-corrected chi connectivity index (χ1v) is 5.59. The van der Waals surface area contributed by atoms with Crippen LogP contribution in [0.5, 0.6) is 0 Å². The summed E-state index contributed by atoms with van der Waals surface area (Å²) in [6, 6.07) is 5.35. The standard InChI is InChI=1S/C12H11N5O2/c13-8-2-1-3-9-11(8)16-10(19-9)6-17-5-7(4-15-17)12(14)18/h1-5H,6,13H2,(H2,14,18). The Kier molecular flexibility index (Phi) is 2.45. The third kappa shape index (κ3) is 2.01. The summed E-state index contributed by atoms with van der Waals surface area (Å²) in [4.78, 5) is 15.3. The molecule has 96 valence electrons. The minimum Gasteiger partial charge on any atom is -0.439 e. The van der Waals surface area contributed by atoms with Crippen molar-refractivity contribution in [1.29, 1.82) is 0 Å². The molecule has 0 radical (unpaired) electrons. The normalized spacial score (nSPS) is 10.9. The third-order valence-electron chi connectivity index (χ3n) is 2.71. The smallest absolute Gasteiger partial charge is 0.251 e. The second-order valence-electron chi connectivity index (χ2n) is 4.09. The van der Waals surface area contributed by atoms with Gasteiger partial charge in [-0.1, -0.05) is 6.07 Å². The SMILES string of the molecule is NC(=O)c1cnn(Cc2nc3c(N)cccc3o2)c1. The summed E-state index contributed by atoms with van der Waals surface area (Å²) in [5.41, 5.74) is 13.1. The molecule has 2 heterocycles. The fraction of sp³-hybridized carbons (Fsp3) is 0.0833. The highest BCUT2D eigenvalue weighted by Gasteiger charge is 2.10. The lowest BCUT2D eigenvalue weighted by Gasteiger charge is -1.94. The number of nitrogen functional groups attached to an aromatic ring is 1. The Bertz CT molecular complexity index is 758. The van der Waals surface area contributed by atoms with Gasteiger partial charge in [0.1, 0.15) is 12.1 Å². The van der Waals surface area contributed by atoms with Gasteiger partial charge < -0.3 is 15.9 Å². The average Bonchev–Trinajstić information content (AvgIpc) is 2.96. The van der Waals surface area contributed by atoms with Crippen LogP contribution >= 0.6 is 0 Å². The van der Waals surface area contributed by atoms with E-state index in [1.807, 2.05) is 0 Å². The molecular weight excluding hydrogens is 246 g/mol. The van der Waals surface area contributed by atoms with Gasteiger partial charge in [0.15, 0.2) is 5.58 Å². The molecule has 0 spiro atoms. The maximum atomic E-state index is 11.0. The Morgan fingerprint density at radius 2 is 2.26 bits per heavy atom. The van der Waals surface area contributed by atoms with Gasteiger partial charge in [-0.3, -0.25) is 9.48 Å². The second kappa shape index (κ2) is 4.13. The van der Waals surface area contributed by atoms with Crippen LogP contribution in [0.1, 0.15) is 16.2 Å². The van der Waals surface area contributed by atoms with E-state index in [-0.39, 0.29) is 0 Å². The van der Waals surface area contributed by atoms with Crippen LogP contribution in [0.25, 0.3) is 11.1 Å². The zero-order valence-electron chi connectivity index (χ0n) is 9.91. The first kappa shape index (κ1) is 11.3. The molecule has 3 rings (SSSR count). The van der Waals surface area contributed by atoms with Gasteiger partial charge >= 0.3 is 0 Å². The van der Waals surface area contributed by atoms with Crippen molar-refractivity contribution in [2.45, 2.75) is 6.54 Å². The summed E-state index contributed by atoms with van der Waals surface area (Å²) in [6.45, 7) is 0.307. The fourth-order valence-electron chi connectivity index (χ4n) is 1.80. The van der Waals surface area contributed by atoms with Gasteiger partial charge in [-0.05, 0) is 12.1 Å². The van der Waals surface area contributed by atoms with Crippen LogP contribution < -0.4 is 11.5 Å². The minimum absolute atomic E-state index is 0.307. The van der Waals surface area contributed by atoms with Gasteiger partial charge in [0.05, 0.1) is 17.4 Å². The van der Waals surface area contributed by atoms with Crippen molar-refractivity contribution in [3.05, 3.63) is 42.0 Å². The Hall–Kier alpha value is -2.83. The van der Waals surface area contributed by atoms with Gasteiger partial charge in [-0.2, -0.15) is 5.10 Å². The Morgan fingerprint density at radius 3 is 2.95 bits per heavy atom. The van der Waals surface area contributed by atoms with Crippen LogP contribution in [0, 0.1) is 0 Å². The highest BCUT2D eigenvalue weighted by atomic mass is 16.3. The molecule has 0 aliphatic heterocycles. The third-order valence-corrected chi connectivity index (χ3v) is 2.71. The number of fused-ring (bicyclic) bond motifs is 1. The number of carbonyl (C=O) groups is 1. The lowest BCUT2D eigenvalue weighted by molar-refractivity contribution is 0.1000. The number of nitrogens with two attached hydrogens (primary N) is 2. The van der Waals surface area contributed by atoms with E-state index in [2.05, 4.69) is 10.1 Å². The molecule has 3 aromatic rings. The summed E-state index contributed by atoms with van der Waals surface area (Å²) in [6.07, 6.45) is 2.94. The number of anilines is 1. The second-order valence-corrected chi connectivity index (χ2v) is 4.09. The lowest BCUT2D eigenvalue weighted by atomic mass is 10.3. The van der Waals surface area contributed by atoms with Crippen LogP contribution in [-0.2, 0) is 6.54 Å². The van der Waals surface area contributed by atoms with Gasteiger partial charge in [0.25, 0.3) is 5.91 Å². The highest BCUT2D eigenvalue weighted by Crippen LogP contribution is 2.21. The maximum absolute atomic E-state index is 11.0. The number of primary amides is 1. The van der Waals surface area contributed by atoms with E-state index < -0.39 is 5.91 Å². The molecule has 0 bridgehead atoms. The summed E-state index contributed by atoms with van der Waals surface area (Å²) in [5, 5.41) is 4.01. The quantitative estimate of drug-likeness (QED) is 0.672. The molecule has 0 aliphatic carbocycles. The molecule has 7 heteroatoms. The highest BCUT2D eigenvalue weighted by molar-refractivity contribution is 5.92. The molecule has 0 fully saturated rings. The summed E-state index contributed by atoms with van der Waals surface area (Å²) in [7, 11) is 0. The van der Waals surface area contributed by atoms with E-state index in [0.717, 1.165) is 0 Å². The molecule has 0 atom stereocenters. The fourth-order valence-corrected chi connectivity index (χ4v) is 1.80. The first-order valence-electron chi connectivity index (χ1n) is 5.59. The van der Waals surface area contributed by atoms with Crippen molar-refractivity contribution in [2.24, 2.45) is 5.73 Å². The molecule has 0 aliphatic rings. The molecule has 0 saturated heterocycles. The van der Waals surface area contributed by atoms with Crippen LogP contribution in [0.3, 0.4) is 0 Å². The summed E-state index contributed by atoms with van der Waals surface area (Å²) < 4.78 is 7.08. The van der Waals surface area contributed by atoms with Crippen LogP contribution in [-0.4, -0.2) is 20.7 Å². The number of para-hydroxylation sites is 1. The molecule has 4 N–H and O–H groups in total. The van der Waals surface area contributed by atoms with Gasteiger partial charge in [-0.25, -0.2) is 4.98 Å². The monoisotopic (exact) mass is 257 g/mol. The Labute approximate surface area is 107 Å². The first-order chi connectivity index (χ1) is 9.13. The van der Waals surface area contributed by atoms with Crippen molar-refractivity contribution in [2.75, 3.05) is 5.73 Å². The van der Waals surface area contributed by atoms with Gasteiger partial charge in [0.2, 0.25) is 5.89 Å². The van der Waals surface area contributed by atoms with E-state index in [0.29, 0.717) is 34.8 Å². The average molecular weight is 257 g/mol. The number of hydrogen-bond donors (Lipinski definition) is 2. The zero-order chi connectivity index (χ0) is 13.4. The van der Waals surface area contributed by atoms with E-state index in [1.54, 1.807) is 24.4 Å². The number of hydrogen-bond acceptors (Lipinski definition) is 5. The van der Waals surface area contributed by atoms with Gasteiger partial charge in [-0.15, -0.1) is 0 Å². The van der Waals surface area contributed by atoms with Crippen molar-refractivity contribution < 1.29 is 9.21 Å². The van der Waals surface area contributed by atoms with E-state index >= 15 is 0 Å². The number of aromatic nitrogens is 3. The molecule has 0 saturated carbocycles. The Morgan fingerprint density at radius 1 is 1.42 bits per heavy atom. The number of nitrogens with zero attached hydrogens (tertiary/aromatic N) is 3. The molecule has 7 nitrogen and oxygen atoms in total. The number of oxazole rings is 1. The zero-order valence-corrected chi connectivity index (χ0v) is 9.91. The molecule has 19 heavy (non-hydrogen) atoms. The van der Waals surface area contributed by atoms with Crippen molar-refractivity contribution in [3.63, 3.8) is 0 Å². The van der Waals surface area contributed by atoms with Crippen LogP contribution in [0.2, 0.25) is 0 Å². The van der Waals surface area contributed by atoms with Crippen molar-refractivity contribution in [3.8, 4) is 0 Å². The number of rotatable bonds is 3. The lowest BCUT2D eigenvalue weighted by Crippen LogP contribution is -2.09. The molecular formula is C12H11N5O2. The van der Waals surface area contributed by atoms with Crippen molar-refractivity contribution >= 4 is 22.7 Å².